The van der Waals surface area contributed by atoms with Crippen LogP contribution in [-0.4, -0.2) is 34.0 Å². The van der Waals surface area contributed by atoms with Crippen molar-refractivity contribution >= 4 is 5.91 Å². The number of carbonyl (C=O) groups excluding carboxylic acids is 1. The Morgan fingerprint density at radius 3 is 3.00 bits per heavy atom. The monoisotopic (exact) mass is 230 g/mol. The fourth-order valence-corrected chi connectivity index (χ4v) is 1.68. The molecule has 0 radical (unpaired) electrons. The molecule has 1 aromatic heterocycles. The minimum Gasteiger partial charge on any atom is -0.505 e. The molecule has 0 saturated heterocycles. The molecule has 1 aliphatic rings. The zero-order chi connectivity index (χ0) is 12.3. The predicted molar refractivity (Wildman–Crippen MR) is 63.4 cm³/mol. The van der Waals surface area contributed by atoms with Crippen molar-refractivity contribution in [3.05, 3.63) is 24.0 Å². The van der Waals surface area contributed by atoms with Crippen LogP contribution in [0.3, 0.4) is 0 Å². The van der Waals surface area contributed by atoms with Gasteiger partial charge in [-0.05, 0) is 24.8 Å². The van der Waals surface area contributed by atoms with Crippen molar-refractivity contribution in [2.24, 2.45) is 5.92 Å². The largest absolute Gasteiger partial charge is 0.505 e. The highest BCUT2D eigenvalue weighted by molar-refractivity contribution is 5.96. The van der Waals surface area contributed by atoms with E-state index in [1.807, 2.05) is 0 Å². The number of aromatic nitrogens is 1. The van der Waals surface area contributed by atoms with Gasteiger partial charge in [0, 0.05) is 12.7 Å². The van der Waals surface area contributed by atoms with E-state index in [1.165, 1.54) is 18.5 Å². The van der Waals surface area contributed by atoms with Crippen molar-refractivity contribution in [3.8, 4) is 18.1 Å². The van der Waals surface area contributed by atoms with Crippen LogP contribution < -0.4 is 0 Å². The Labute approximate surface area is 100 Å². The van der Waals surface area contributed by atoms with Crippen LogP contribution in [0.1, 0.15) is 23.2 Å². The van der Waals surface area contributed by atoms with Gasteiger partial charge in [0.15, 0.2) is 0 Å². The number of pyridine rings is 1. The average Bonchev–Trinajstić information content (AvgIpc) is 3.12. The van der Waals surface area contributed by atoms with Gasteiger partial charge in [-0.25, -0.2) is 0 Å². The number of nitrogens with zero attached hydrogens (tertiary/aromatic N) is 2. The summed E-state index contributed by atoms with van der Waals surface area (Å²) in [5.41, 5.74) is 0.260. The molecule has 1 N–H and O–H groups in total. The topological polar surface area (TPSA) is 53.4 Å². The van der Waals surface area contributed by atoms with Gasteiger partial charge in [0.1, 0.15) is 5.75 Å². The van der Waals surface area contributed by atoms with Crippen molar-refractivity contribution < 1.29 is 9.90 Å². The smallest absolute Gasteiger partial charge is 0.258 e. The fraction of sp³-hybridized carbons (Fsp3) is 0.385. The van der Waals surface area contributed by atoms with Crippen LogP contribution >= 0.6 is 0 Å². The number of carbonyl (C=O) groups is 1. The van der Waals surface area contributed by atoms with E-state index in [1.54, 1.807) is 4.90 Å². The summed E-state index contributed by atoms with van der Waals surface area (Å²) in [6, 6.07) is 1.51. The van der Waals surface area contributed by atoms with Crippen LogP contribution in [0.2, 0.25) is 0 Å². The number of terminal acetylenes is 1. The summed E-state index contributed by atoms with van der Waals surface area (Å²) in [4.78, 5) is 17.5. The van der Waals surface area contributed by atoms with E-state index in [0.717, 1.165) is 12.8 Å². The van der Waals surface area contributed by atoms with Crippen LogP contribution in [0.25, 0.3) is 0 Å². The Kier molecular flexibility index (Phi) is 3.29. The second-order valence-electron chi connectivity index (χ2n) is 4.23. The van der Waals surface area contributed by atoms with Gasteiger partial charge in [-0.2, -0.15) is 0 Å². The molecular formula is C13H14N2O2. The number of hydrogen-bond donors (Lipinski definition) is 1. The third-order valence-corrected chi connectivity index (χ3v) is 2.78. The molecule has 88 valence electrons. The maximum Gasteiger partial charge on any atom is 0.258 e. The minimum atomic E-state index is -0.227. The molecule has 1 fully saturated rings. The summed E-state index contributed by atoms with van der Waals surface area (Å²) in [6.45, 7) is 0.946. The first-order valence-corrected chi connectivity index (χ1v) is 5.58. The van der Waals surface area contributed by atoms with E-state index < -0.39 is 0 Å². The maximum atomic E-state index is 12.2. The molecule has 0 atom stereocenters. The highest BCUT2D eigenvalue weighted by atomic mass is 16.3. The van der Waals surface area contributed by atoms with Gasteiger partial charge in [0.05, 0.1) is 18.3 Å². The summed E-state index contributed by atoms with van der Waals surface area (Å²) >= 11 is 0. The summed E-state index contributed by atoms with van der Waals surface area (Å²) in [5.74, 6) is 2.72. The molecule has 0 bridgehead atoms. The average molecular weight is 230 g/mol. The van der Waals surface area contributed by atoms with Gasteiger partial charge in [0.25, 0.3) is 5.91 Å². The van der Waals surface area contributed by atoms with Crippen LogP contribution in [0, 0.1) is 18.3 Å². The Balaban J connectivity index is 2.15. The van der Waals surface area contributed by atoms with Crippen LogP contribution in [0.4, 0.5) is 0 Å². The van der Waals surface area contributed by atoms with E-state index in [4.69, 9.17) is 6.42 Å². The van der Waals surface area contributed by atoms with Crippen molar-refractivity contribution in [2.75, 3.05) is 13.1 Å². The molecule has 1 aromatic rings. The molecule has 0 unspecified atom stereocenters. The number of amides is 1. The molecule has 0 aromatic carbocycles. The van der Waals surface area contributed by atoms with E-state index >= 15 is 0 Å². The molecule has 1 heterocycles. The zero-order valence-electron chi connectivity index (χ0n) is 9.47. The lowest BCUT2D eigenvalue weighted by atomic mass is 10.2. The summed E-state index contributed by atoms with van der Waals surface area (Å²) in [5, 5.41) is 9.59. The quantitative estimate of drug-likeness (QED) is 0.792. The number of rotatable bonds is 4. The van der Waals surface area contributed by atoms with E-state index in [2.05, 4.69) is 10.9 Å². The van der Waals surface area contributed by atoms with Crippen molar-refractivity contribution in [1.82, 2.24) is 9.88 Å². The molecule has 1 saturated carbocycles. The SMILES string of the molecule is C#CCN(CC1CC1)C(=O)c1ccncc1O. The summed E-state index contributed by atoms with van der Waals surface area (Å²) in [6.07, 6.45) is 10.3. The molecule has 1 aliphatic carbocycles. The normalized spacial score (nSPS) is 14.1. The van der Waals surface area contributed by atoms with Crippen molar-refractivity contribution in [2.45, 2.75) is 12.8 Å². The van der Waals surface area contributed by atoms with Gasteiger partial charge < -0.3 is 10.0 Å². The van der Waals surface area contributed by atoms with Crippen molar-refractivity contribution in [1.29, 1.82) is 0 Å². The molecule has 0 spiro atoms. The standard InChI is InChI=1S/C13H14N2O2/c1-2-7-15(9-10-3-4-10)13(17)11-5-6-14-8-12(11)16/h1,5-6,8,10,16H,3-4,7,9H2. The second kappa shape index (κ2) is 4.88. The van der Waals surface area contributed by atoms with E-state index in [9.17, 15) is 9.90 Å². The Hall–Kier alpha value is -2.02. The zero-order valence-corrected chi connectivity index (χ0v) is 9.47. The highest BCUT2D eigenvalue weighted by Crippen LogP contribution is 2.30. The minimum absolute atomic E-state index is 0.102. The van der Waals surface area contributed by atoms with Crippen LogP contribution in [0.5, 0.6) is 5.75 Å². The lowest BCUT2D eigenvalue weighted by Gasteiger charge is -2.20. The van der Waals surface area contributed by atoms with Gasteiger partial charge in [-0.15, -0.1) is 6.42 Å². The molecule has 2 rings (SSSR count). The van der Waals surface area contributed by atoms with Crippen molar-refractivity contribution in [3.63, 3.8) is 0 Å². The summed E-state index contributed by atoms with van der Waals surface area (Å²) < 4.78 is 0. The molecule has 17 heavy (non-hydrogen) atoms. The molecule has 4 heteroatoms. The number of aromatic hydroxyl groups is 1. The van der Waals surface area contributed by atoms with E-state index in [0.29, 0.717) is 12.5 Å². The van der Waals surface area contributed by atoms with Gasteiger partial charge in [-0.1, -0.05) is 5.92 Å². The molecular weight excluding hydrogens is 216 g/mol. The summed E-state index contributed by atoms with van der Waals surface area (Å²) in [7, 11) is 0. The Bertz CT molecular complexity index is 461. The first-order valence-electron chi connectivity index (χ1n) is 5.58. The van der Waals surface area contributed by atoms with Gasteiger partial charge in [-0.3, -0.25) is 9.78 Å². The highest BCUT2D eigenvalue weighted by Gasteiger charge is 2.27. The third-order valence-electron chi connectivity index (χ3n) is 2.78. The van der Waals surface area contributed by atoms with Gasteiger partial charge in [0.2, 0.25) is 0 Å². The first-order chi connectivity index (χ1) is 8.22. The lowest BCUT2D eigenvalue weighted by molar-refractivity contribution is 0.0766. The van der Waals surface area contributed by atoms with Gasteiger partial charge >= 0.3 is 0 Å². The molecule has 0 aliphatic heterocycles. The Morgan fingerprint density at radius 1 is 1.65 bits per heavy atom. The first kappa shape index (κ1) is 11.5. The number of hydrogen-bond acceptors (Lipinski definition) is 3. The van der Waals surface area contributed by atoms with Crippen LogP contribution in [0.15, 0.2) is 18.5 Å². The maximum absolute atomic E-state index is 12.2. The second-order valence-corrected chi connectivity index (χ2v) is 4.23. The Morgan fingerprint density at radius 2 is 2.41 bits per heavy atom. The predicted octanol–water partition coefficient (Wildman–Crippen LogP) is 1.27. The molecule has 1 amide bonds. The van der Waals surface area contributed by atoms with Crippen LogP contribution in [-0.2, 0) is 0 Å². The lowest BCUT2D eigenvalue weighted by Crippen LogP contribution is -2.33. The third kappa shape index (κ3) is 2.76. The van der Waals surface area contributed by atoms with E-state index in [-0.39, 0.29) is 23.8 Å². The molecule has 4 nitrogen and oxygen atoms in total. The fourth-order valence-electron chi connectivity index (χ4n) is 1.68.